The number of nitrogens with one attached hydrogen (secondary N) is 3. The molecule has 5 amide bonds. The van der Waals surface area contributed by atoms with Gasteiger partial charge >= 0.3 is 5.92 Å². The average Bonchev–Trinajstić information content (AvgIpc) is 3.79. The van der Waals surface area contributed by atoms with Crippen molar-refractivity contribution in [2.45, 2.75) is 75.8 Å². The molecule has 4 fully saturated rings. The van der Waals surface area contributed by atoms with E-state index in [0.717, 1.165) is 49.6 Å². The third-order valence-electron chi connectivity index (χ3n) is 12.6. The average molecular weight is 860 g/mol. The van der Waals surface area contributed by atoms with Gasteiger partial charge in [-0.1, -0.05) is 19.4 Å². The summed E-state index contributed by atoms with van der Waals surface area (Å²) in [6, 6.07) is 4.02. The Morgan fingerprint density at radius 3 is 2.42 bits per heavy atom. The molecule has 332 valence electrons. The molecule has 5 aliphatic rings. The van der Waals surface area contributed by atoms with E-state index in [0.29, 0.717) is 63.9 Å². The van der Waals surface area contributed by atoms with Crippen LogP contribution in [0.15, 0.2) is 53.8 Å². The number of piperazine rings is 1. The first-order valence-electron chi connectivity index (χ1n) is 21.3. The summed E-state index contributed by atoms with van der Waals surface area (Å²) >= 11 is 0. The van der Waals surface area contributed by atoms with Gasteiger partial charge in [0.25, 0.3) is 11.8 Å². The summed E-state index contributed by atoms with van der Waals surface area (Å²) in [5.74, 6) is -6.33. The Bertz CT molecular complexity index is 2130. The molecular weight excluding hydrogens is 805 g/mol. The van der Waals surface area contributed by atoms with Crippen LogP contribution in [0.5, 0.6) is 5.75 Å². The van der Waals surface area contributed by atoms with Crippen molar-refractivity contribution in [3.63, 3.8) is 0 Å². The second-order valence-corrected chi connectivity index (χ2v) is 16.5. The molecular formula is C43H55F2N11O6. The number of rotatable bonds is 12. The largest absolute Gasteiger partial charge is 0.506 e. The van der Waals surface area contributed by atoms with Crippen molar-refractivity contribution >= 4 is 58.4 Å². The lowest BCUT2D eigenvalue weighted by Gasteiger charge is -2.37. The van der Waals surface area contributed by atoms with Gasteiger partial charge in [0, 0.05) is 102 Å². The van der Waals surface area contributed by atoms with Crippen molar-refractivity contribution in [1.82, 2.24) is 35.3 Å². The molecule has 4 N–H and O–H groups in total. The Morgan fingerprint density at radius 2 is 1.76 bits per heavy atom. The summed E-state index contributed by atoms with van der Waals surface area (Å²) in [7, 11) is 2.92. The molecule has 1 aromatic carbocycles. The number of aromatic nitrogens is 2. The first-order valence-corrected chi connectivity index (χ1v) is 21.3. The monoisotopic (exact) mass is 859 g/mol. The van der Waals surface area contributed by atoms with E-state index in [1.165, 1.54) is 30.3 Å². The van der Waals surface area contributed by atoms with Gasteiger partial charge in [0.2, 0.25) is 23.7 Å². The Balaban J connectivity index is 0.863. The van der Waals surface area contributed by atoms with Crippen LogP contribution in [0.25, 0.3) is 0 Å². The van der Waals surface area contributed by atoms with Crippen LogP contribution in [-0.4, -0.2) is 149 Å². The van der Waals surface area contributed by atoms with E-state index in [1.807, 2.05) is 11.0 Å². The number of hydrogen-bond acceptors (Lipinski definition) is 13. The molecule has 62 heavy (non-hydrogen) atoms. The molecule has 17 nitrogen and oxygen atoms in total. The second-order valence-electron chi connectivity index (χ2n) is 16.5. The number of likely N-dealkylation sites (tertiary alicyclic amines) is 1. The quantitative estimate of drug-likeness (QED) is 0.106. The van der Waals surface area contributed by atoms with Crippen LogP contribution in [0.2, 0.25) is 0 Å². The fourth-order valence-electron chi connectivity index (χ4n) is 8.91. The normalized spacial score (nSPS) is 22.0. The number of anilines is 4. The Labute approximate surface area is 359 Å². The molecule has 5 heterocycles. The minimum Gasteiger partial charge on any atom is -0.506 e. The van der Waals surface area contributed by atoms with Crippen molar-refractivity contribution in [3.05, 3.63) is 54.4 Å². The van der Waals surface area contributed by atoms with E-state index in [9.17, 15) is 37.9 Å². The maximum absolute atomic E-state index is 15.0. The molecule has 1 aliphatic carbocycles. The number of piperidine rings is 2. The van der Waals surface area contributed by atoms with Gasteiger partial charge in [-0.3, -0.25) is 39.2 Å². The molecule has 1 atom stereocenters. The van der Waals surface area contributed by atoms with Gasteiger partial charge in [-0.25, -0.2) is 4.98 Å². The number of nitrogens with zero attached hydrogens (tertiary/aromatic N) is 8. The van der Waals surface area contributed by atoms with Crippen LogP contribution in [0.4, 0.5) is 31.9 Å². The van der Waals surface area contributed by atoms with Gasteiger partial charge in [-0.15, -0.1) is 0 Å². The Hall–Kier alpha value is -5.98. The highest BCUT2D eigenvalue weighted by molar-refractivity contribution is 6.15. The lowest BCUT2D eigenvalue weighted by atomic mass is 9.92. The topological polar surface area (TPSA) is 196 Å². The number of amides is 5. The highest BCUT2D eigenvalue weighted by Crippen LogP contribution is 2.40. The molecule has 19 heteroatoms. The summed E-state index contributed by atoms with van der Waals surface area (Å²) in [4.78, 5) is 84.9. The number of carbonyl (C=O) groups excluding carboxylic acids is 5. The van der Waals surface area contributed by atoms with Crippen molar-refractivity contribution in [2.24, 2.45) is 10.9 Å². The zero-order valence-corrected chi connectivity index (χ0v) is 35.2. The number of alkyl halides is 2. The first kappa shape index (κ1) is 44.1. The van der Waals surface area contributed by atoms with Crippen LogP contribution in [0.3, 0.4) is 0 Å². The Kier molecular flexibility index (Phi) is 13.5. The van der Waals surface area contributed by atoms with Crippen LogP contribution in [0.1, 0.15) is 68.1 Å². The maximum Gasteiger partial charge on any atom is 0.342 e. The number of phenols is 1. The summed E-state index contributed by atoms with van der Waals surface area (Å²) in [6.07, 6.45) is 10.4. The molecule has 1 saturated carbocycles. The smallest absolute Gasteiger partial charge is 0.342 e. The fourth-order valence-corrected chi connectivity index (χ4v) is 8.91. The van der Waals surface area contributed by atoms with E-state index < -0.39 is 24.3 Å². The zero-order chi connectivity index (χ0) is 44.1. The fraction of sp³-hybridized carbons (Fsp3) is 0.535. The Morgan fingerprint density at radius 1 is 1.03 bits per heavy atom. The van der Waals surface area contributed by atoms with Crippen molar-refractivity contribution < 1.29 is 37.9 Å². The predicted octanol–water partition coefficient (Wildman–Crippen LogP) is 3.21. The highest BCUT2D eigenvalue weighted by Gasteiger charge is 2.49. The maximum atomic E-state index is 15.0. The van der Waals surface area contributed by atoms with Gasteiger partial charge in [0.15, 0.2) is 5.82 Å². The van der Waals surface area contributed by atoms with Gasteiger partial charge in [0.05, 0.1) is 24.3 Å². The third kappa shape index (κ3) is 9.87. The first-order chi connectivity index (χ1) is 29.7. The molecule has 1 unspecified atom stereocenters. The molecule has 2 aromatic rings. The van der Waals surface area contributed by atoms with Crippen LogP contribution >= 0.6 is 0 Å². The zero-order valence-electron chi connectivity index (χ0n) is 35.2. The number of phenolic OH excluding ortho intramolecular Hbond substituents is 1. The predicted molar refractivity (Wildman–Crippen MR) is 229 cm³/mol. The summed E-state index contributed by atoms with van der Waals surface area (Å²) < 4.78 is 30.0. The second kappa shape index (κ2) is 19.0. The van der Waals surface area contributed by atoms with E-state index in [4.69, 9.17) is 0 Å². The van der Waals surface area contributed by atoms with Crippen molar-refractivity contribution in [2.75, 3.05) is 81.6 Å². The lowest BCUT2D eigenvalue weighted by molar-refractivity contribution is -0.140. The minimum atomic E-state index is -3.61. The lowest BCUT2D eigenvalue weighted by Crippen LogP contribution is -2.48. The number of benzene rings is 1. The summed E-state index contributed by atoms with van der Waals surface area (Å²) in [5.41, 5.74) is 2.07. The van der Waals surface area contributed by atoms with Gasteiger partial charge in [-0.05, 0) is 62.5 Å². The highest BCUT2D eigenvalue weighted by atomic mass is 19.3. The number of carbonyl (C=O) groups is 5. The van der Waals surface area contributed by atoms with Gasteiger partial charge in [0.1, 0.15) is 11.4 Å². The number of imide groups is 1. The van der Waals surface area contributed by atoms with E-state index in [2.05, 4.69) is 47.3 Å². The third-order valence-corrected chi connectivity index (χ3v) is 12.6. The number of aliphatic imine (C=N–C) groups is 1. The molecule has 7 rings (SSSR count). The van der Waals surface area contributed by atoms with Gasteiger partial charge < -0.3 is 35.3 Å². The minimum absolute atomic E-state index is 0.0332. The SMILES string of the molecule is C=C/C(=C\C(=N/C)C1CCC(=O)NC1=O)N1CCN(CCC(=O)N2CCC(NC(=O)c3ccc(Nc4ncc5c(n4)N(C4CCCC4)CC(F)(F)C(=O)N5C)c(O)c3)CC2)CC1. The molecule has 0 radical (unpaired) electrons. The number of allylic oxidation sites excluding steroid dienone is 2. The number of halogens is 2. The van der Waals surface area contributed by atoms with Gasteiger partial charge in [-0.2, -0.15) is 13.8 Å². The molecule has 4 aliphatic heterocycles. The summed E-state index contributed by atoms with van der Waals surface area (Å²) in [6.45, 7) is 7.76. The van der Waals surface area contributed by atoms with E-state index in [1.54, 1.807) is 19.2 Å². The van der Waals surface area contributed by atoms with Crippen molar-refractivity contribution in [1.29, 1.82) is 0 Å². The van der Waals surface area contributed by atoms with Crippen LogP contribution in [-0.2, 0) is 19.2 Å². The summed E-state index contributed by atoms with van der Waals surface area (Å²) in [5, 5.41) is 19.3. The molecule has 0 bridgehead atoms. The molecule has 1 aromatic heterocycles. The van der Waals surface area contributed by atoms with E-state index >= 15 is 0 Å². The number of aromatic hydroxyl groups is 1. The number of fused-ring (bicyclic) bond motifs is 1. The standard InChI is InChI=1S/C43H55F2N11O6/c1-4-29(24-33(46-2)31-10-12-36(58)50-40(31)61)54-21-19-53(20-22-54)16-15-37(59)55-17-13-28(14-18-55)48-39(60)27-9-11-32(35(57)23-27)49-42-47-25-34-38(51-42)56(30-7-5-6-8-30)26-43(44,45)41(62)52(34)3/h4,9,11,23-25,28,30-31,57H,1,5-8,10,12-22,26H2,2-3H3,(H,48,60)(H,47,49,51)(H,50,58,61)/b29-24+,46-33+. The van der Waals surface area contributed by atoms with Crippen molar-refractivity contribution in [3.8, 4) is 5.75 Å². The number of hydrogen-bond donors (Lipinski definition) is 4. The van der Waals surface area contributed by atoms with E-state index in [-0.39, 0.29) is 76.6 Å². The van der Waals surface area contributed by atoms with Crippen LogP contribution < -0.4 is 25.8 Å². The van der Waals surface area contributed by atoms with Crippen LogP contribution in [0, 0.1) is 5.92 Å². The molecule has 3 saturated heterocycles. The molecule has 0 spiro atoms.